The van der Waals surface area contributed by atoms with Crippen molar-refractivity contribution in [3.8, 4) is 0 Å². The highest BCUT2D eigenvalue weighted by Crippen LogP contribution is 2.45. The largest absolute Gasteiger partial charge is 0.416 e. The predicted molar refractivity (Wildman–Crippen MR) is 88.4 cm³/mol. The van der Waals surface area contributed by atoms with Crippen molar-refractivity contribution in [2.75, 3.05) is 0 Å². The van der Waals surface area contributed by atoms with Crippen molar-refractivity contribution in [1.82, 2.24) is 0 Å². The molecule has 3 atom stereocenters. The van der Waals surface area contributed by atoms with Crippen LogP contribution in [-0.4, -0.2) is 16.7 Å². The van der Waals surface area contributed by atoms with Crippen LogP contribution in [0, 0.1) is 10.1 Å². The average molecular weight is 363 g/mol. The Bertz CT molecular complexity index is 820. The number of rotatable bonds is 3. The summed E-state index contributed by atoms with van der Waals surface area (Å²) in [4.78, 5) is 23.5. The highest BCUT2D eigenvalue weighted by molar-refractivity contribution is 5.81. The van der Waals surface area contributed by atoms with Gasteiger partial charge in [0, 0.05) is 17.8 Å². The quantitative estimate of drug-likeness (QED) is 0.592. The Kier molecular flexibility index (Phi) is 4.80. The van der Waals surface area contributed by atoms with Gasteiger partial charge < -0.3 is 0 Å². The maximum atomic E-state index is 13.4. The molecule has 1 aliphatic rings. The van der Waals surface area contributed by atoms with Crippen molar-refractivity contribution in [3.05, 3.63) is 81.4 Å². The van der Waals surface area contributed by atoms with Gasteiger partial charge in [0.15, 0.2) is 0 Å². The molecule has 0 bridgehead atoms. The van der Waals surface area contributed by atoms with Crippen LogP contribution in [0.15, 0.2) is 54.6 Å². The van der Waals surface area contributed by atoms with Crippen LogP contribution in [-0.2, 0) is 11.0 Å². The molecule has 1 saturated carbocycles. The number of halogens is 3. The molecule has 2 aromatic carbocycles. The van der Waals surface area contributed by atoms with Gasteiger partial charge in [-0.15, -0.1) is 0 Å². The molecule has 2 aromatic rings. The van der Waals surface area contributed by atoms with Crippen LogP contribution in [0.4, 0.5) is 13.2 Å². The summed E-state index contributed by atoms with van der Waals surface area (Å²) in [5.74, 6) is -2.13. The second-order valence-corrected chi connectivity index (χ2v) is 6.43. The van der Waals surface area contributed by atoms with Crippen LogP contribution < -0.4 is 0 Å². The molecular weight excluding hydrogens is 347 g/mol. The Labute approximate surface area is 147 Å². The molecule has 7 heteroatoms. The van der Waals surface area contributed by atoms with Crippen LogP contribution >= 0.6 is 0 Å². The van der Waals surface area contributed by atoms with E-state index in [0.717, 1.165) is 6.07 Å². The first kappa shape index (κ1) is 18.1. The van der Waals surface area contributed by atoms with E-state index in [1.807, 2.05) is 0 Å². The monoisotopic (exact) mass is 363 g/mol. The maximum Gasteiger partial charge on any atom is 0.416 e. The summed E-state index contributed by atoms with van der Waals surface area (Å²) in [6, 6.07) is 12.0. The highest BCUT2D eigenvalue weighted by Gasteiger charge is 2.48. The number of carbonyl (C=O) groups excluding carboxylic acids is 1. The first-order valence-electron chi connectivity index (χ1n) is 8.15. The van der Waals surface area contributed by atoms with Gasteiger partial charge in [-0.3, -0.25) is 14.9 Å². The first-order chi connectivity index (χ1) is 12.3. The molecular formula is C19H16F3NO3. The molecule has 0 saturated heterocycles. The van der Waals surface area contributed by atoms with E-state index in [1.165, 1.54) is 18.2 Å². The van der Waals surface area contributed by atoms with Crippen molar-refractivity contribution in [2.24, 2.45) is 0 Å². The molecule has 0 aromatic heterocycles. The minimum Gasteiger partial charge on any atom is -0.300 e. The van der Waals surface area contributed by atoms with E-state index in [9.17, 15) is 28.1 Å². The number of ketones is 1. The number of alkyl halides is 3. The SMILES string of the molecule is O=C1C[C@H](c2ccccc2C(F)(F)F)[C@@H]([N+](=O)[O-])[C@H](c2ccccc2)C1. The Morgan fingerprint density at radius 3 is 2.12 bits per heavy atom. The molecule has 1 aliphatic carbocycles. The summed E-state index contributed by atoms with van der Waals surface area (Å²) in [6.45, 7) is 0. The molecule has 0 unspecified atom stereocenters. The normalized spacial score (nSPS) is 23.7. The lowest BCUT2D eigenvalue weighted by atomic mass is 9.70. The third-order valence-corrected chi connectivity index (χ3v) is 4.86. The summed E-state index contributed by atoms with van der Waals surface area (Å²) < 4.78 is 40.2. The van der Waals surface area contributed by atoms with Crippen LogP contribution in [0.2, 0.25) is 0 Å². The molecule has 0 amide bonds. The van der Waals surface area contributed by atoms with Crippen molar-refractivity contribution < 1.29 is 22.9 Å². The van der Waals surface area contributed by atoms with Gasteiger partial charge in [-0.1, -0.05) is 48.5 Å². The number of nitrogens with zero attached hydrogens (tertiary/aromatic N) is 1. The fraction of sp³-hybridized carbons (Fsp3) is 0.316. The van der Waals surface area contributed by atoms with Gasteiger partial charge in [-0.05, 0) is 17.2 Å². The zero-order chi connectivity index (χ0) is 18.9. The van der Waals surface area contributed by atoms with E-state index >= 15 is 0 Å². The number of carbonyl (C=O) groups is 1. The van der Waals surface area contributed by atoms with Gasteiger partial charge in [0.1, 0.15) is 5.78 Å². The van der Waals surface area contributed by atoms with E-state index < -0.39 is 34.5 Å². The van der Waals surface area contributed by atoms with Crippen molar-refractivity contribution in [2.45, 2.75) is 36.9 Å². The third-order valence-electron chi connectivity index (χ3n) is 4.86. The molecule has 0 radical (unpaired) electrons. The van der Waals surface area contributed by atoms with Gasteiger partial charge in [0.2, 0.25) is 6.04 Å². The van der Waals surface area contributed by atoms with E-state index in [1.54, 1.807) is 30.3 Å². The van der Waals surface area contributed by atoms with E-state index in [4.69, 9.17) is 0 Å². The Morgan fingerprint density at radius 1 is 0.923 bits per heavy atom. The van der Waals surface area contributed by atoms with Crippen LogP contribution in [0.1, 0.15) is 41.4 Å². The molecule has 4 nitrogen and oxygen atoms in total. The standard InChI is InChI=1S/C19H16F3NO3/c20-19(21,22)17-9-5-4-8-14(17)16-11-13(24)10-15(18(16)23(25)26)12-6-2-1-3-7-12/h1-9,15-16,18H,10-11H2/t15-,16+,18-/m0/s1. The third kappa shape index (κ3) is 3.47. The Morgan fingerprint density at radius 2 is 1.50 bits per heavy atom. The topological polar surface area (TPSA) is 60.2 Å². The van der Waals surface area contributed by atoms with Crippen molar-refractivity contribution in [1.29, 1.82) is 0 Å². The average Bonchev–Trinajstić information content (AvgIpc) is 2.60. The number of hydrogen-bond acceptors (Lipinski definition) is 3. The minimum atomic E-state index is -4.64. The lowest BCUT2D eigenvalue weighted by molar-refractivity contribution is -0.532. The van der Waals surface area contributed by atoms with Gasteiger partial charge in [0.25, 0.3) is 0 Å². The maximum absolute atomic E-state index is 13.4. The van der Waals surface area contributed by atoms with E-state index in [2.05, 4.69) is 0 Å². The Balaban J connectivity index is 2.11. The number of nitro groups is 1. The predicted octanol–water partition coefficient (Wildman–Crippen LogP) is 4.58. The summed E-state index contributed by atoms with van der Waals surface area (Å²) in [6.07, 6.45) is -4.94. The number of hydrogen-bond donors (Lipinski definition) is 0. The molecule has 26 heavy (non-hydrogen) atoms. The molecule has 0 spiro atoms. The minimum absolute atomic E-state index is 0.0413. The zero-order valence-corrected chi connectivity index (χ0v) is 13.6. The van der Waals surface area contributed by atoms with Crippen LogP contribution in [0.5, 0.6) is 0 Å². The highest BCUT2D eigenvalue weighted by atomic mass is 19.4. The summed E-state index contributed by atoms with van der Waals surface area (Å²) in [5, 5.41) is 11.8. The van der Waals surface area contributed by atoms with E-state index in [-0.39, 0.29) is 24.2 Å². The molecule has 0 N–H and O–H groups in total. The van der Waals surface area contributed by atoms with Crippen molar-refractivity contribution in [3.63, 3.8) is 0 Å². The summed E-state index contributed by atoms with van der Waals surface area (Å²) in [7, 11) is 0. The lowest BCUT2D eigenvalue weighted by Crippen LogP contribution is -2.41. The fourth-order valence-corrected chi connectivity index (χ4v) is 3.78. The summed E-state index contributed by atoms with van der Waals surface area (Å²) in [5.41, 5.74) is -0.509. The molecule has 1 fully saturated rings. The number of benzene rings is 2. The molecule has 0 heterocycles. The number of Topliss-reactive ketones (excluding diaryl/α,β-unsaturated/α-hetero) is 1. The smallest absolute Gasteiger partial charge is 0.300 e. The first-order valence-corrected chi connectivity index (χ1v) is 8.15. The Hall–Kier alpha value is -2.70. The summed E-state index contributed by atoms with van der Waals surface area (Å²) >= 11 is 0. The van der Waals surface area contributed by atoms with Crippen LogP contribution in [0.25, 0.3) is 0 Å². The van der Waals surface area contributed by atoms with Crippen LogP contribution in [0.3, 0.4) is 0 Å². The second-order valence-electron chi connectivity index (χ2n) is 6.43. The molecule has 0 aliphatic heterocycles. The second kappa shape index (κ2) is 6.90. The van der Waals surface area contributed by atoms with Crippen molar-refractivity contribution >= 4 is 5.78 Å². The lowest BCUT2D eigenvalue weighted by Gasteiger charge is -2.33. The van der Waals surface area contributed by atoms with Gasteiger partial charge in [-0.25, -0.2) is 0 Å². The molecule has 136 valence electrons. The zero-order valence-electron chi connectivity index (χ0n) is 13.6. The van der Waals surface area contributed by atoms with Gasteiger partial charge >= 0.3 is 6.18 Å². The van der Waals surface area contributed by atoms with Gasteiger partial charge in [-0.2, -0.15) is 13.2 Å². The fourth-order valence-electron chi connectivity index (χ4n) is 3.78. The van der Waals surface area contributed by atoms with E-state index in [0.29, 0.717) is 5.56 Å². The van der Waals surface area contributed by atoms with Gasteiger partial charge in [0.05, 0.1) is 17.4 Å². The molecule has 3 rings (SSSR count).